The highest BCUT2D eigenvalue weighted by Gasteiger charge is 2.17. The van der Waals surface area contributed by atoms with Crippen LogP contribution in [-0.2, 0) is 13.1 Å². The molecule has 0 atom stereocenters. The number of benzene rings is 2. The van der Waals surface area contributed by atoms with Crippen molar-refractivity contribution in [2.45, 2.75) is 40.3 Å². The zero-order valence-corrected chi connectivity index (χ0v) is 22.9. The Hall–Kier alpha value is -2.76. The Bertz CT molecular complexity index is 1300. The van der Waals surface area contributed by atoms with E-state index in [1.165, 1.54) is 22.8 Å². The molecular weight excluding hydrogens is 515 g/mol. The molecule has 0 bridgehead atoms. The molecule has 2 aliphatic rings. The summed E-state index contributed by atoms with van der Waals surface area (Å²) in [5.74, 6) is 0.884. The van der Waals surface area contributed by atoms with Crippen LogP contribution < -0.4 is 0 Å². The van der Waals surface area contributed by atoms with E-state index < -0.39 is 0 Å². The van der Waals surface area contributed by atoms with Gasteiger partial charge in [-0.25, -0.2) is 9.37 Å². The highest BCUT2D eigenvalue weighted by atomic mass is 79.9. The van der Waals surface area contributed by atoms with Gasteiger partial charge in [0.15, 0.2) is 0 Å². The lowest BCUT2D eigenvalue weighted by atomic mass is 10.2. The van der Waals surface area contributed by atoms with E-state index in [2.05, 4.69) is 80.4 Å². The fraction of sp³-hybridized carbons (Fsp3) is 0.333. The Morgan fingerprint density at radius 3 is 2.47 bits per heavy atom. The van der Waals surface area contributed by atoms with E-state index in [1.807, 2.05) is 30.3 Å². The average molecular weight is 550 g/mol. The molecule has 188 valence electrons. The summed E-state index contributed by atoms with van der Waals surface area (Å²) in [6.07, 6.45) is 7.38. The van der Waals surface area contributed by atoms with Gasteiger partial charge in [-0.15, -0.1) is 5.73 Å². The van der Waals surface area contributed by atoms with Crippen molar-refractivity contribution in [3.8, 4) is 0 Å². The molecule has 0 spiro atoms. The van der Waals surface area contributed by atoms with E-state index in [1.54, 1.807) is 6.07 Å². The maximum atomic E-state index is 14.0. The lowest BCUT2D eigenvalue weighted by Crippen LogP contribution is -2.30. The van der Waals surface area contributed by atoms with Gasteiger partial charge in [0.05, 0.1) is 17.6 Å². The van der Waals surface area contributed by atoms with Gasteiger partial charge in [0.2, 0.25) is 0 Å². The quantitative estimate of drug-likeness (QED) is 0.351. The van der Waals surface area contributed by atoms with Crippen molar-refractivity contribution in [2.75, 3.05) is 26.2 Å². The van der Waals surface area contributed by atoms with Crippen molar-refractivity contribution in [1.29, 1.82) is 0 Å². The van der Waals surface area contributed by atoms with E-state index in [0.29, 0.717) is 6.54 Å². The van der Waals surface area contributed by atoms with E-state index in [4.69, 9.17) is 0 Å². The van der Waals surface area contributed by atoms with Crippen molar-refractivity contribution in [2.24, 2.45) is 0 Å². The molecule has 0 radical (unpaired) electrons. The topological polar surface area (TPSA) is 35.2 Å². The summed E-state index contributed by atoms with van der Waals surface area (Å²) in [6, 6.07) is 13.3. The predicted octanol–water partition coefficient (Wildman–Crippen LogP) is 7.17. The summed E-state index contributed by atoms with van der Waals surface area (Å²) in [5.41, 5.74) is 9.80. The highest BCUT2D eigenvalue weighted by molar-refractivity contribution is 9.10. The smallest absolute Gasteiger partial charge is 0.127 e. The zero-order valence-electron chi connectivity index (χ0n) is 21.3. The number of aromatic nitrogens is 2. The molecule has 0 saturated carbocycles. The minimum absolute atomic E-state index is 0.128. The second-order valence-electron chi connectivity index (χ2n) is 9.59. The third-order valence-corrected chi connectivity index (χ3v) is 6.81. The van der Waals surface area contributed by atoms with Crippen LogP contribution in [0.4, 0.5) is 4.39 Å². The van der Waals surface area contributed by atoms with Crippen molar-refractivity contribution >= 4 is 27.0 Å². The number of hydrogen-bond acceptors (Lipinski definition) is 3. The first-order valence-electron chi connectivity index (χ1n) is 12.5. The number of aromatic amines is 1. The number of allylic oxidation sites excluding steroid dienone is 5. The predicted molar refractivity (Wildman–Crippen MR) is 150 cm³/mol. The first-order chi connectivity index (χ1) is 17.4. The molecule has 1 aromatic heterocycles. The molecule has 1 N–H and O–H groups in total. The number of rotatable bonds is 4. The second kappa shape index (κ2) is 12.5. The van der Waals surface area contributed by atoms with Gasteiger partial charge < -0.3 is 4.98 Å². The lowest BCUT2D eigenvalue weighted by molar-refractivity contribution is 0.242. The van der Waals surface area contributed by atoms with Crippen LogP contribution in [-0.4, -0.2) is 45.9 Å². The Morgan fingerprint density at radius 1 is 0.944 bits per heavy atom. The molecule has 6 heteroatoms. The van der Waals surface area contributed by atoms with Gasteiger partial charge in [-0.1, -0.05) is 34.1 Å². The molecule has 36 heavy (non-hydrogen) atoms. The maximum absolute atomic E-state index is 14.0. The van der Waals surface area contributed by atoms with Gasteiger partial charge in [0.1, 0.15) is 11.6 Å². The molecule has 5 rings (SSSR count). The third-order valence-electron chi connectivity index (χ3n) is 6.32. The molecule has 0 amide bonds. The lowest BCUT2D eigenvalue weighted by Gasteiger charge is -2.21. The first-order valence-corrected chi connectivity index (χ1v) is 13.3. The number of H-pyrrole nitrogens is 1. The van der Waals surface area contributed by atoms with Crippen LogP contribution >= 0.6 is 15.9 Å². The Morgan fingerprint density at radius 2 is 1.69 bits per heavy atom. The van der Waals surface area contributed by atoms with Crippen molar-refractivity contribution in [3.05, 3.63) is 105 Å². The van der Waals surface area contributed by atoms with E-state index in [0.717, 1.165) is 66.0 Å². The third kappa shape index (κ3) is 7.62. The number of fused-ring (bicyclic) bond motifs is 1. The number of hydrogen-bond donors (Lipinski definition) is 1. The van der Waals surface area contributed by atoms with Crippen LogP contribution in [0, 0.1) is 5.82 Å². The minimum Gasteiger partial charge on any atom is -0.341 e. The van der Waals surface area contributed by atoms with Crippen LogP contribution in [0.1, 0.15) is 38.6 Å². The van der Waals surface area contributed by atoms with Gasteiger partial charge in [-0.05, 0) is 99.5 Å². The van der Waals surface area contributed by atoms with Gasteiger partial charge in [0, 0.05) is 29.7 Å². The summed E-state index contributed by atoms with van der Waals surface area (Å²) in [5, 5.41) is 0. The Kier molecular flexibility index (Phi) is 9.11. The van der Waals surface area contributed by atoms with E-state index in [-0.39, 0.29) is 5.82 Å². The van der Waals surface area contributed by atoms with Crippen LogP contribution in [0.25, 0.3) is 11.0 Å². The fourth-order valence-electron chi connectivity index (χ4n) is 4.59. The molecule has 2 aromatic carbocycles. The molecule has 1 aliphatic heterocycles. The van der Waals surface area contributed by atoms with Crippen LogP contribution in [0.3, 0.4) is 0 Å². The number of nitrogens with zero attached hydrogens (tertiary/aromatic N) is 3. The average Bonchev–Trinajstić information content (AvgIpc) is 3.03. The number of halogens is 2. The molecule has 1 fully saturated rings. The normalized spacial score (nSPS) is 17.0. The van der Waals surface area contributed by atoms with Crippen molar-refractivity contribution < 1.29 is 4.39 Å². The first kappa shape index (κ1) is 26.3. The molecule has 1 saturated heterocycles. The van der Waals surface area contributed by atoms with Crippen LogP contribution in [0.5, 0.6) is 0 Å². The summed E-state index contributed by atoms with van der Waals surface area (Å²) in [6.45, 7) is 11.7. The molecule has 1 aliphatic carbocycles. The SMILES string of the molecule is CC1=C=CC(C)=CC(C)=C1.Fc1ccc(Br)cc1CN1CCCN(Cc2nc3ccccc3[nH]2)CC1. The molecule has 3 aromatic rings. The minimum atomic E-state index is -0.128. The van der Waals surface area contributed by atoms with Crippen LogP contribution in [0.15, 0.2) is 87.6 Å². The summed E-state index contributed by atoms with van der Waals surface area (Å²) in [4.78, 5) is 12.8. The Labute approximate surface area is 222 Å². The summed E-state index contributed by atoms with van der Waals surface area (Å²) >= 11 is 3.43. The number of imidazole rings is 1. The maximum Gasteiger partial charge on any atom is 0.127 e. The summed E-state index contributed by atoms with van der Waals surface area (Å²) < 4.78 is 14.9. The molecule has 2 heterocycles. The van der Waals surface area contributed by atoms with Gasteiger partial charge in [0.25, 0.3) is 0 Å². The molecule has 0 unspecified atom stereocenters. The summed E-state index contributed by atoms with van der Waals surface area (Å²) in [7, 11) is 0. The highest BCUT2D eigenvalue weighted by Crippen LogP contribution is 2.19. The van der Waals surface area contributed by atoms with Gasteiger partial charge in [-0.2, -0.15) is 0 Å². The van der Waals surface area contributed by atoms with Crippen LogP contribution in [0.2, 0.25) is 0 Å². The molecule has 4 nitrogen and oxygen atoms in total. The van der Waals surface area contributed by atoms with E-state index >= 15 is 0 Å². The standard InChI is InChI=1S/C20H22BrFN4.C10H12/c21-16-6-7-17(22)15(12-16)13-25-8-3-9-26(11-10-25)14-20-23-18-4-1-2-5-19(18)24-20;1-8-4-5-9(2)7-10(3)6-8/h1-2,4-7,12H,3,8-11,13-14H2,(H,23,24);4,6-7H,1-3H3. The zero-order chi connectivity index (χ0) is 25.5. The van der Waals surface area contributed by atoms with E-state index in [9.17, 15) is 4.39 Å². The molecular formula is C30H34BrFN4. The number of para-hydroxylation sites is 2. The van der Waals surface area contributed by atoms with Gasteiger partial charge >= 0.3 is 0 Å². The Balaban J connectivity index is 0.000000256. The largest absolute Gasteiger partial charge is 0.341 e. The second-order valence-corrected chi connectivity index (χ2v) is 10.5. The fourth-order valence-corrected chi connectivity index (χ4v) is 5.00. The van der Waals surface area contributed by atoms with Crippen molar-refractivity contribution in [1.82, 2.24) is 19.8 Å². The van der Waals surface area contributed by atoms with Gasteiger partial charge in [-0.3, -0.25) is 9.80 Å². The number of nitrogens with one attached hydrogen (secondary N) is 1. The van der Waals surface area contributed by atoms with Crippen molar-refractivity contribution in [3.63, 3.8) is 0 Å². The monoisotopic (exact) mass is 548 g/mol.